The minimum absolute atomic E-state index is 0.239. The lowest BCUT2D eigenvalue weighted by molar-refractivity contribution is -0.0402. The number of hydrogen-bond acceptors (Lipinski definition) is 3. The molecule has 166 valence electrons. The van der Waals surface area contributed by atoms with Gasteiger partial charge in [-0.15, -0.1) is 0 Å². The lowest BCUT2D eigenvalue weighted by atomic mass is 9.53. The van der Waals surface area contributed by atoms with Gasteiger partial charge in [0.25, 0.3) is 0 Å². The number of benzene rings is 2. The first kappa shape index (κ1) is 22.4. The van der Waals surface area contributed by atoms with Crippen LogP contribution in [0.1, 0.15) is 88.3 Å². The first-order chi connectivity index (χ1) is 15.6. The van der Waals surface area contributed by atoms with Crippen molar-refractivity contribution >= 4 is 0 Å². The molecule has 3 aliphatic rings. The largest absolute Gasteiger partial charge is 0.492 e. The van der Waals surface area contributed by atoms with Crippen LogP contribution >= 0.6 is 0 Å². The van der Waals surface area contributed by atoms with Gasteiger partial charge < -0.3 is 4.74 Å². The summed E-state index contributed by atoms with van der Waals surface area (Å²) >= 11 is 0. The van der Waals surface area contributed by atoms with E-state index in [1.54, 1.807) is 0 Å². The van der Waals surface area contributed by atoms with Crippen LogP contribution < -0.4 is 4.74 Å². The van der Waals surface area contributed by atoms with E-state index in [9.17, 15) is 10.5 Å². The van der Waals surface area contributed by atoms with Crippen LogP contribution in [-0.4, -0.2) is 6.61 Å². The summed E-state index contributed by atoms with van der Waals surface area (Å²) in [6, 6.07) is 16.7. The molecule has 2 aromatic rings. The summed E-state index contributed by atoms with van der Waals surface area (Å²) in [6.45, 7) is 5.12. The highest BCUT2D eigenvalue weighted by Crippen LogP contribution is 2.58. The fraction of sp³-hybridized carbons (Fsp3) is 0.517. The van der Waals surface area contributed by atoms with Crippen LogP contribution in [0.3, 0.4) is 0 Å². The SMILES string of the molecule is CCCc1ccc(-c2ccc(OCC34CCC(CCC)(CC3)CC4)c(C#N)c2C#N)cc1. The second kappa shape index (κ2) is 9.38. The van der Waals surface area contributed by atoms with Gasteiger partial charge in [0.1, 0.15) is 23.5 Å². The number of fused-ring (bicyclic) bond motifs is 3. The Hall–Kier alpha value is -2.78. The molecule has 0 aliphatic heterocycles. The van der Waals surface area contributed by atoms with Crippen LogP contribution in [0.5, 0.6) is 5.75 Å². The van der Waals surface area contributed by atoms with Gasteiger partial charge in [0.2, 0.25) is 0 Å². The van der Waals surface area contributed by atoms with E-state index in [0.29, 0.717) is 28.9 Å². The number of rotatable bonds is 8. The van der Waals surface area contributed by atoms with E-state index in [0.717, 1.165) is 24.0 Å². The van der Waals surface area contributed by atoms with Crippen molar-refractivity contribution < 1.29 is 4.74 Å². The van der Waals surface area contributed by atoms with E-state index < -0.39 is 0 Å². The molecule has 3 heteroatoms. The Balaban J connectivity index is 1.53. The molecular formula is C29H34N2O. The Bertz CT molecular complexity index is 1010. The van der Waals surface area contributed by atoms with Crippen molar-refractivity contribution in [1.29, 1.82) is 10.5 Å². The van der Waals surface area contributed by atoms with E-state index in [1.807, 2.05) is 12.1 Å². The Morgan fingerprint density at radius 3 is 1.97 bits per heavy atom. The van der Waals surface area contributed by atoms with E-state index in [1.165, 1.54) is 56.9 Å². The van der Waals surface area contributed by atoms with Gasteiger partial charge in [-0.1, -0.05) is 51.0 Å². The van der Waals surface area contributed by atoms with Gasteiger partial charge in [-0.2, -0.15) is 10.5 Å². The normalized spacial score (nSPS) is 24.0. The predicted molar refractivity (Wildman–Crippen MR) is 128 cm³/mol. The minimum Gasteiger partial charge on any atom is -0.492 e. The first-order valence-electron chi connectivity index (χ1n) is 12.3. The molecule has 3 nitrogen and oxygen atoms in total. The summed E-state index contributed by atoms with van der Waals surface area (Å²) in [5.41, 5.74) is 4.66. The molecule has 2 bridgehead atoms. The summed E-state index contributed by atoms with van der Waals surface area (Å²) in [5.74, 6) is 0.556. The molecule has 0 heterocycles. The van der Waals surface area contributed by atoms with Crippen molar-refractivity contribution in [3.05, 3.63) is 53.1 Å². The zero-order valence-corrected chi connectivity index (χ0v) is 19.5. The third-order valence-electron chi connectivity index (χ3n) is 8.07. The molecule has 0 saturated heterocycles. The van der Waals surface area contributed by atoms with Crippen LogP contribution in [0, 0.1) is 33.5 Å². The van der Waals surface area contributed by atoms with E-state index >= 15 is 0 Å². The molecule has 0 aromatic heterocycles. The Kier molecular flexibility index (Phi) is 6.57. The fourth-order valence-corrected chi connectivity index (χ4v) is 6.00. The quantitative estimate of drug-likeness (QED) is 0.437. The molecule has 0 unspecified atom stereocenters. The average molecular weight is 427 g/mol. The molecule has 3 aliphatic carbocycles. The van der Waals surface area contributed by atoms with Gasteiger partial charge in [-0.3, -0.25) is 0 Å². The second-order valence-electron chi connectivity index (χ2n) is 10.1. The van der Waals surface area contributed by atoms with Crippen molar-refractivity contribution in [1.82, 2.24) is 0 Å². The standard InChI is InChI=1S/C29H34N2O/c1-3-5-22-6-8-23(9-7-22)24-10-11-27(26(20-31)25(24)19-30)32-21-29-16-13-28(12-4-2,14-17-29)15-18-29/h6-11H,3-5,12-18,21H2,1-2H3. The third-order valence-corrected chi connectivity index (χ3v) is 8.07. The van der Waals surface area contributed by atoms with Gasteiger partial charge >= 0.3 is 0 Å². The molecule has 3 fully saturated rings. The third kappa shape index (κ3) is 4.27. The lowest BCUT2D eigenvalue weighted by Crippen LogP contribution is -2.44. The van der Waals surface area contributed by atoms with Crippen LogP contribution in [0.2, 0.25) is 0 Å². The Labute approximate surface area is 193 Å². The van der Waals surface area contributed by atoms with Gasteiger partial charge in [-0.05, 0) is 80.0 Å². The van der Waals surface area contributed by atoms with Crippen molar-refractivity contribution in [3.63, 3.8) is 0 Å². The minimum atomic E-state index is 0.239. The smallest absolute Gasteiger partial charge is 0.138 e. The fourth-order valence-electron chi connectivity index (χ4n) is 6.00. The summed E-state index contributed by atoms with van der Waals surface area (Å²) in [5, 5.41) is 19.8. The molecule has 0 atom stereocenters. The molecule has 0 N–H and O–H groups in total. The van der Waals surface area contributed by atoms with Crippen molar-refractivity contribution in [2.45, 2.75) is 78.1 Å². The topological polar surface area (TPSA) is 56.8 Å². The molecule has 3 saturated carbocycles. The summed E-state index contributed by atoms with van der Waals surface area (Å²) in [4.78, 5) is 0. The van der Waals surface area contributed by atoms with Crippen LogP contribution in [0.15, 0.2) is 36.4 Å². The first-order valence-corrected chi connectivity index (χ1v) is 12.3. The number of hydrogen-bond donors (Lipinski definition) is 0. The number of nitriles is 2. The Morgan fingerprint density at radius 1 is 0.781 bits per heavy atom. The van der Waals surface area contributed by atoms with Gasteiger partial charge in [0.15, 0.2) is 0 Å². The summed E-state index contributed by atoms with van der Waals surface area (Å²) < 4.78 is 6.29. The number of ether oxygens (including phenoxy) is 1. The number of nitrogens with zero attached hydrogens (tertiary/aromatic N) is 2. The molecule has 32 heavy (non-hydrogen) atoms. The molecular weight excluding hydrogens is 392 g/mol. The van der Waals surface area contributed by atoms with Gasteiger partial charge in [0.05, 0.1) is 12.2 Å². The van der Waals surface area contributed by atoms with Crippen LogP contribution in [-0.2, 0) is 6.42 Å². The van der Waals surface area contributed by atoms with Crippen LogP contribution in [0.25, 0.3) is 11.1 Å². The average Bonchev–Trinajstić information content (AvgIpc) is 2.84. The van der Waals surface area contributed by atoms with E-state index in [-0.39, 0.29) is 5.41 Å². The van der Waals surface area contributed by atoms with E-state index in [4.69, 9.17) is 4.74 Å². The second-order valence-corrected chi connectivity index (χ2v) is 10.1. The Morgan fingerprint density at radius 2 is 1.41 bits per heavy atom. The predicted octanol–water partition coefficient (Wildman–Crippen LogP) is 7.57. The van der Waals surface area contributed by atoms with Gasteiger partial charge in [-0.25, -0.2) is 0 Å². The molecule has 0 spiro atoms. The van der Waals surface area contributed by atoms with Gasteiger partial charge in [0, 0.05) is 11.0 Å². The van der Waals surface area contributed by atoms with Crippen molar-refractivity contribution in [2.75, 3.05) is 6.61 Å². The molecule has 5 rings (SSSR count). The summed E-state index contributed by atoms with van der Waals surface area (Å²) in [6.07, 6.45) is 12.4. The van der Waals surface area contributed by atoms with Crippen LogP contribution in [0.4, 0.5) is 0 Å². The maximum atomic E-state index is 9.90. The zero-order valence-electron chi connectivity index (χ0n) is 19.5. The highest BCUT2D eigenvalue weighted by molar-refractivity contribution is 5.76. The lowest BCUT2D eigenvalue weighted by Gasteiger charge is -2.53. The van der Waals surface area contributed by atoms with E-state index in [2.05, 4.69) is 50.3 Å². The maximum absolute atomic E-state index is 9.90. The molecule has 0 amide bonds. The van der Waals surface area contributed by atoms with Crippen molar-refractivity contribution in [3.8, 4) is 29.0 Å². The molecule has 2 aromatic carbocycles. The number of aryl methyl sites for hydroxylation is 1. The van der Waals surface area contributed by atoms with Crippen molar-refractivity contribution in [2.24, 2.45) is 10.8 Å². The zero-order chi connectivity index (χ0) is 22.6. The maximum Gasteiger partial charge on any atom is 0.138 e. The molecule has 0 radical (unpaired) electrons. The summed E-state index contributed by atoms with van der Waals surface area (Å²) in [7, 11) is 0. The highest BCUT2D eigenvalue weighted by Gasteiger charge is 2.48. The highest BCUT2D eigenvalue weighted by atomic mass is 16.5. The monoisotopic (exact) mass is 426 g/mol.